The Morgan fingerprint density at radius 3 is 2.32 bits per heavy atom. The van der Waals surface area contributed by atoms with Crippen LogP contribution in [0.15, 0.2) is 60.7 Å². The molecule has 1 atom stereocenters. The maximum absolute atomic E-state index is 12.5. The van der Waals surface area contributed by atoms with Gasteiger partial charge in [0.25, 0.3) is 5.69 Å². The van der Waals surface area contributed by atoms with E-state index in [0.29, 0.717) is 19.4 Å². The fourth-order valence-electron chi connectivity index (χ4n) is 3.40. The molecule has 0 aliphatic carbocycles. The molecule has 0 radical (unpaired) electrons. The van der Waals surface area contributed by atoms with Crippen molar-refractivity contribution in [2.24, 2.45) is 0 Å². The van der Waals surface area contributed by atoms with Crippen molar-refractivity contribution in [1.82, 2.24) is 5.23 Å². The standard InChI is InChI=1S/C24H25BN2O7/c1-16(23(28)4-3-13-26-25(2)30)17-5-6-19-15-22(10-7-18(19)14-17)34-24(29)33-21-11-8-20(9-12-21)27(31)32/h5-12,14-16,26,30H,3-4,13H2,1-2H3/t16-/m1/s1. The molecule has 0 saturated heterocycles. The number of non-ortho nitro benzene ring substituents is 1. The number of benzene rings is 3. The minimum atomic E-state index is -0.964. The minimum absolute atomic E-state index is 0.112. The highest BCUT2D eigenvalue weighted by atomic mass is 16.7. The Balaban J connectivity index is 1.60. The van der Waals surface area contributed by atoms with E-state index in [2.05, 4.69) is 5.23 Å². The number of rotatable bonds is 10. The largest absolute Gasteiger partial charge is 0.519 e. The van der Waals surface area contributed by atoms with Crippen LogP contribution in [0.5, 0.6) is 11.5 Å². The first-order valence-electron chi connectivity index (χ1n) is 10.8. The Morgan fingerprint density at radius 2 is 1.65 bits per heavy atom. The quantitative estimate of drug-likeness (QED) is 0.112. The van der Waals surface area contributed by atoms with E-state index < -0.39 is 18.1 Å². The maximum atomic E-state index is 12.5. The lowest BCUT2D eigenvalue weighted by atomic mass is 9.88. The third-order valence-corrected chi connectivity index (χ3v) is 5.31. The number of fused-ring (bicyclic) bond motifs is 1. The molecule has 2 N–H and O–H groups in total. The van der Waals surface area contributed by atoms with Crippen molar-refractivity contribution in [2.75, 3.05) is 6.54 Å². The molecule has 9 nitrogen and oxygen atoms in total. The molecule has 0 aromatic heterocycles. The van der Waals surface area contributed by atoms with Gasteiger partial charge >= 0.3 is 13.2 Å². The molecule has 0 fully saturated rings. The molecule has 0 bridgehead atoms. The summed E-state index contributed by atoms with van der Waals surface area (Å²) in [6.45, 7) is 4.08. The van der Waals surface area contributed by atoms with Crippen LogP contribution in [-0.4, -0.2) is 35.5 Å². The van der Waals surface area contributed by atoms with E-state index in [1.54, 1.807) is 25.0 Å². The van der Waals surface area contributed by atoms with Crippen molar-refractivity contribution in [2.45, 2.75) is 32.5 Å². The molecule has 3 rings (SSSR count). The molecule has 0 aliphatic heterocycles. The van der Waals surface area contributed by atoms with Crippen LogP contribution in [0.2, 0.25) is 6.82 Å². The van der Waals surface area contributed by atoms with Crippen LogP contribution in [0.3, 0.4) is 0 Å². The highest BCUT2D eigenvalue weighted by Crippen LogP contribution is 2.27. The predicted octanol–water partition coefficient (Wildman–Crippen LogP) is 4.48. The van der Waals surface area contributed by atoms with Gasteiger partial charge in [0.2, 0.25) is 0 Å². The summed E-state index contributed by atoms with van der Waals surface area (Å²) in [5, 5.41) is 24.5. The van der Waals surface area contributed by atoms with E-state index in [4.69, 9.17) is 9.47 Å². The summed E-state index contributed by atoms with van der Waals surface area (Å²) >= 11 is 0. The molecular weight excluding hydrogens is 439 g/mol. The van der Waals surface area contributed by atoms with Crippen molar-refractivity contribution in [1.29, 1.82) is 0 Å². The topological polar surface area (TPSA) is 128 Å². The summed E-state index contributed by atoms with van der Waals surface area (Å²) in [5.74, 6) is 0.271. The molecule has 176 valence electrons. The van der Waals surface area contributed by atoms with Gasteiger partial charge in [-0.1, -0.05) is 31.2 Å². The van der Waals surface area contributed by atoms with Gasteiger partial charge in [-0.3, -0.25) is 14.9 Å². The average Bonchev–Trinajstić information content (AvgIpc) is 2.81. The number of ketones is 1. The fourth-order valence-corrected chi connectivity index (χ4v) is 3.40. The van der Waals surface area contributed by atoms with Crippen LogP contribution < -0.4 is 14.7 Å². The number of carbonyl (C=O) groups excluding carboxylic acids is 2. The maximum Gasteiger partial charge on any atom is 0.519 e. The van der Waals surface area contributed by atoms with Crippen LogP contribution in [0.1, 0.15) is 31.2 Å². The lowest BCUT2D eigenvalue weighted by Gasteiger charge is -2.13. The second-order valence-electron chi connectivity index (χ2n) is 7.90. The SMILES string of the molecule is CB(O)NCCCC(=O)[C@H](C)c1ccc2cc(OC(=O)Oc3ccc([N+](=O)[O-])cc3)ccc2c1. The van der Waals surface area contributed by atoms with Crippen molar-refractivity contribution >= 4 is 35.4 Å². The second kappa shape index (κ2) is 11.4. The fraction of sp³-hybridized carbons (Fsp3) is 0.250. The van der Waals surface area contributed by atoms with Crippen molar-refractivity contribution in [3.63, 3.8) is 0 Å². The summed E-state index contributed by atoms with van der Waals surface area (Å²) < 4.78 is 10.3. The zero-order chi connectivity index (χ0) is 24.7. The number of hydrogen-bond acceptors (Lipinski definition) is 8. The van der Waals surface area contributed by atoms with Gasteiger partial charge in [0.15, 0.2) is 0 Å². The van der Waals surface area contributed by atoms with E-state index in [9.17, 15) is 24.7 Å². The van der Waals surface area contributed by atoms with Gasteiger partial charge in [-0.15, -0.1) is 0 Å². The molecule has 0 heterocycles. The lowest BCUT2D eigenvalue weighted by Crippen LogP contribution is -2.31. The van der Waals surface area contributed by atoms with Gasteiger partial charge in [-0.25, -0.2) is 4.79 Å². The molecule has 0 amide bonds. The highest BCUT2D eigenvalue weighted by Gasteiger charge is 2.16. The van der Waals surface area contributed by atoms with E-state index in [-0.39, 0.29) is 28.9 Å². The molecule has 0 spiro atoms. The summed E-state index contributed by atoms with van der Waals surface area (Å²) in [6, 6.07) is 15.9. The third-order valence-electron chi connectivity index (χ3n) is 5.31. The van der Waals surface area contributed by atoms with Crippen LogP contribution in [0.25, 0.3) is 10.8 Å². The third kappa shape index (κ3) is 6.87. The highest BCUT2D eigenvalue weighted by molar-refractivity contribution is 6.45. The minimum Gasteiger partial charge on any atom is -0.437 e. The molecule has 10 heteroatoms. The van der Waals surface area contributed by atoms with Gasteiger partial charge < -0.3 is 19.7 Å². The molecular formula is C24H25BN2O7. The van der Waals surface area contributed by atoms with Crippen LogP contribution in [0.4, 0.5) is 10.5 Å². The zero-order valence-electron chi connectivity index (χ0n) is 18.9. The summed E-state index contributed by atoms with van der Waals surface area (Å²) in [6.07, 6.45) is 0.107. The molecule has 0 saturated carbocycles. The van der Waals surface area contributed by atoms with Crippen LogP contribution >= 0.6 is 0 Å². The predicted molar refractivity (Wildman–Crippen MR) is 128 cm³/mol. The number of Topliss-reactive ketones (excluding diaryl/α,β-unsaturated/α-hetero) is 1. The van der Waals surface area contributed by atoms with Crippen LogP contribution in [0, 0.1) is 10.1 Å². The number of carbonyl (C=O) groups is 2. The number of nitro groups is 1. The summed E-state index contributed by atoms with van der Waals surface area (Å²) in [4.78, 5) is 34.7. The molecule has 3 aromatic rings. The van der Waals surface area contributed by atoms with E-state index in [0.717, 1.165) is 16.3 Å². The first kappa shape index (κ1) is 24.9. The first-order valence-corrected chi connectivity index (χ1v) is 10.8. The van der Waals surface area contributed by atoms with E-state index in [1.807, 2.05) is 25.1 Å². The van der Waals surface area contributed by atoms with Gasteiger partial charge in [-0.05, 0) is 60.4 Å². The molecule has 3 aromatic carbocycles. The van der Waals surface area contributed by atoms with E-state index >= 15 is 0 Å². The number of nitrogens with one attached hydrogen (secondary N) is 1. The summed E-state index contributed by atoms with van der Waals surface area (Å²) in [5.41, 5.74) is 0.784. The van der Waals surface area contributed by atoms with Gasteiger partial charge in [0.05, 0.1) is 4.92 Å². The zero-order valence-corrected chi connectivity index (χ0v) is 18.9. The van der Waals surface area contributed by atoms with Crippen LogP contribution in [-0.2, 0) is 4.79 Å². The number of nitrogens with zero attached hydrogens (tertiary/aromatic N) is 1. The monoisotopic (exact) mass is 464 g/mol. The Hall–Kier alpha value is -3.76. The van der Waals surface area contributed by atoms with Crippen molar-refractivity contribution in [3.8, 4) is 11.5 Å². The Bertz CT molecular complexity index is 1180. The molecule has 34 heavy (non-hydrogen) atoms. The Kier molecular flexibility index (Phi) is 8.34. The molecule has 0 aliphatic rings. The normalized spacial score (nSPS) is 11.6. The first-order chi connectivity index (χ1) is 16.2. The number of ether oxygens (including phenoxy) is 2. The van der Waals surface area contributed by atoms with E-state index in [1.165, 1.54) is 24.3 Å². The summed E-state index contributed by atoms with van der Waals surface area (Å²) in [7, 11) is -0.592. The second-order valence-corrected chi connectivity index (χ2v) is 7.90. The van der Waals surface area contributed by atoms with Gasteiger partial charge in [-0.2, -0.15) is 0 Å². The van der Waals surface area contributed by atoms with Gasteiger partial charge in [0, 0.05) is 24.5 Å². The Morgan fingerprint density at radius 1 is 1.03 bits per heavy atom. The lowest BCUT2D eigenvalue weighted by molar-refractivity contribution is -0.384. The number of nitro benzene ring substituents is 1. The average molecular weight is 464 g/mol. The van der Waals surface area contributed by atoms with Crippen molar-refractivity contribution < 1.29 is 29.0 Å². The Labute approximate surface area is 197 Å². The van der Waals surface area contributed by atoms with Gasteiger partial charge in [0.1, 0.15) is 17.3 Å². The van der Waals surface area contributed by atoms with Crippen molar-refractivity contribution in [3.05, 3.63) is 76.3 Å². The number of hydrogen-bond donors (Lipinski definition) is 2. The molecule has 0 unspecified atom stereocenters. The smallest absolute Gasteiger partial charge is 0.437 e.